The number of benzene rings is 1. The molecule has 2 rings (SSSR count). The maximum atomic E-state index is 13.5. The topological polar surface area (TPSA) is 18.5 Å². The number of rotatable bonds is 0. The molecule has 0 amide bonds. The zero-order valence-corrected chi connectivity index (χ0v) is 8.56. The smallest absolute Gasteiger partial charge is 0.231 e. The standard InChI is InChI=1S/C11H13FO2/c1-11(2,3)7-4-8(12)10-9(5-7)13-6-14-10/h4-5H,6H2,1-3H3. The van der Waals surface area contributed by atoms with E-state index < -0.39 is 0 Å². The van der Waals surface area contributed by atoms with Crippen LogP contribution in [0.4, 0.5) is 4.39 Å². The Labute approximate surface area is 82.6 Å². The van der Waals surface area contributed by atoms with E-state index in [0.29, 0.717) is 5.75 Å². The predicted octanol–water partition coefficient (Wildman–Crippen LogP) is 2.85. The summed E-state index contributed by atoms with van der Waals surface area (Å²) in [6.07, 6.45) is 0. The number of hydrogen-bond acceptors (Lipinski definition) is 2. The molecule has 0 N–H and O–H groups in total. The van der Waals surface area contributed by atoms with Gasteiger partial charge in [-0.2, -0.15) is 0 Å². The molecule has 0 spiro atoms. The molecule has 2 nitrogen and oxygen atoms in total. The van der Waals surface area contributed by atoms with Crippen LogP contribution >= 0.6 is 0 Å². The molecule has 3 heteroatoms. The van der Waals surface area contributed by atoms with Gasteiger partial charge in [-0.15, -0.1) is 0 Å². The molecule has 1 heterocycles. The summed E-state index contributed by atoms with van der Waals surface area (Å²) < 4.78 is 23.6. The normalized spacial score (nSPS) is 14.6. The third-order valence-electron chi connectivity index (χ3n) is 2.29. The van der Waals surface area contributed by atoms with Gasteiger partial charge in [0.25, 0.3) is 0 Å². The van der Waals surface area contributed by atoms with Gasteiger partial charge < -0.3 is 9.47 Å². The van der Waals surface area contributed by atoms with Gasteiger partial charge in [-0.05, 0) is 23.1 Å². The molecule has 1 aliphatic heterocycles. The zero-order valence-electron chi connectivity index (χ0n) is 8.56. The first-order valence-electron chi connectivity index (χ1n) is 4.58. The molecule has 0 atom stereocenters. The van der Waals surface area contributed by atoms with Crippen molar-refractivity contribution < 1.29 is 13.9 Å². The molecular formula is C11H13FO2. The summed E-state index contributed by atoms with van der Waals surface area (Å²) in [5.74, 6) is 0.401. The van der Waals surface area contributed by atoms with E-state index in [1.54, 1.807) is 0 Å². The van der Waals surface area contributed by atoms with E-state index in [2.05, 4.69) is 0 Å². The second kappa shape index (κ2) is 2.87. The van der Waals surface area contributed by atoms with Crippen molar-refractivity contribution in [1.29, 1.82) is 0 Å². The molecule has 0 radical (unpaired) electrons. The molecule has 0 unspecified atom stereocenters. The summed E-state index contributed by atoms with van der Waals surface area (Å²) in [4.78, 5) is 0. The van der Waals surface area contributed by atoms with Gasteiger partial charge in [-0.1, -0.05) is 20.8 Å². The van der Waals surface area contributed by atoms with Gasteiger partial charge >= 0.3 is 0 Å². The summed E-state index contributed by atoms with van der Waals surface area (Å²) in [6.45, 7) is 6.21. The van der Waals surface area contributed by atoms with Crippen LogP contribution in [0.5, 0.6) is 11.5 Å². The molecule has 1 aliphatic rings. The Bertz CT molecular complexity index is 366. The molecule has 0 fully saturated rings. The first kappa shape index (κ1) is 9.31. The molecular weight excluding hydrogens is 183 g/mol. The Balaban J connectivity index is 2.52. The SMILES string of the molecule is CC(C)(C)c1cc(F)c2c(c1)OCO2. The lowest BCUT2D eigenvalue weighted by molar-refractivity contribution is 0.171. The van der Waals surface area contributed by atoms with E-state index in [4.69, 9.17) is 9.47 Å². The van der Waals surface area contributed by atoms with Crippen LogP contribution < -0.4 is 9.47 Å². The maximum Gasteiger partial charge on any atom is 0.231 e. The van der Waals surface area contributed by atoms with Crippen LogP contribution in [-0.4, -0.2) is 6.79 Å². The molecule has 0 saturated carbocycles. The fourth-order valence-electron chi connectivity index (χ4n) is 1.40. The third-order valence-corrected chi connectivity index (χ3v) is 2.29. The number of hydrogen-bond donors (Lipinski definition) is 0. The van der Waals surface area contributed by atoms with Gasteiger partial charge in [0.05, 0.1) is 0 Å². The van der Waals surface area contributed by atoms with Gasteiger partial charge in [0.1, 0.15) is 0 Å². The van der Waals surface area contributed by atoms with Crippen LogP contribution in [0.25, 0.3) is 0 Å². The van der Waals surface area contributed by atoms with Crippen molar-refractivity contribution in [2.45, 2.75) is 26.2 Å². The summed E-state index contributed by atoms with van der Waals surface area (Å²) >= 11 is 0. The lowest BCUT2D eigenvalue weighted by Gasteiger charge is -2.19. The average Bonchev–Trinajstić information content (AvgIpc) is 2.50. The summed E-state index contributed by atoms with van der Waals surface area (Å²) in [5.41, 5.74) is 0.834. The fourth-order valence-corrected chi connectivity index (χ4v) is 1.40. The van der Waals surface area contributed by atoms with Crippen molar-refractivity contribution in [3.63, 3.8) is 0 Å². The molecule has 0 aliphatic carbocycles. The van der Waals surface area contributed by atoms with Crippen LogP contribution in [0.15, 0.2) is 12.1 Å². The Morgan fingerprint density at radius 1 is 1.21 bits per heavy atom. The van der Waals surface area contributed by atoms with E-state index in [1.165, 1.54) is 6.07 Å². The highest BCUT2D eigenvalue weighted by Crippen LogP contribution is 2.38. The maximum absolute atomic E-state index is 13.5. The predicted molar refractivity (Wildman–Crippen MR) is 51.2 cm³/mol. The highest BCUT2D eigenvalue weighted by atomic mass is 19.1. The second-order valence-corrected chi connectivity index (χ2v) is 4.44. The van der Waals surface area contributed by atoms with Gasteiger partial charge in [-0.25, -0.2) is 4.39 Å². The molecule has 76 valence electrons. The second-order valence-electron chi connectivity index (χ2n) is 4.44. The summed E-state index contributed by atoms with van der Waals surface area (Å²) in [7, 11) is 0. The number of fused-ring (bicyclic) bond motifs is 1. The van der Waals surface area contributed by atoms with E-state index in [-0.39, 0.29) is 23.8 Å². The Morgan fingerprint density at radius 3 is 2.57 bits per heavy atom. The van der Waals surface area contributed by atoms with Crippen molar-refractivity contribution in [2.75, 3.05) is 6.79 Å². The lowest BCUT2D eigenvalue weighted by atomic mass is 9.87. The Morgan fingerprint density at radius 2 is 1.93 bits per heavy atom. The number of halogens is 1. The summed E-state index contributed by atoms with van der Waals surface area (Å²) in [6, 6.07) is 3.35. The highest BCUT2D eigenvalue weighted by Gasteiger charge is 2.23. The van der Waals surface area contributed by atoms with Crippen molar-refractivity contribution in [3.05, 3.63) is 23.5 Å². The van der Waals surface area contributed by atoms with Crippen LogP contribution in [0.1, 0.15) is 26.3 Å². The highest BCUT2D eigenvalue weighted by molar-refractivity contribution is 5.47. The monoisotopic (exact) mass is 196 g/mol. The average molecular weight is 196 g/mol. The molecule has 0 bridgehead atoms. The van der Waals surface area contributed by atoms with Gasteiger partial charge in [0.15, 0.2) is 11.6 Å². The zero-order chi connectivity index (χ0) is 10.3. The summed E-state index contributed by atoms with van der Waals surface area (Å²) in [5, 5.41) is 0. The minimum Gasteiger partial charge on any atom is -0.453 e. The Kier molecular flexibility index (Phi) is 1.91. The molecule has 14 heavy (non-hydrogen) atoms. The first-order chi connectivity index (χ1) is 6.48. The molecule has 0 saturated heterocycles. The quantitative estimate of drug-likeness (QED) is 0.635. The van der Waals surface area contributed by atoms with Crippen molar-refractivity contribution in [2.24, 2.45) is 0 Å². The van der Waals surface area contributed by atoms with Crippen molar-refractivity contribution >= 4 is 0 Å². The molecule has 1 aromatic rings. The van der Waals surface area contributed by atoms with Crippen LogP contribution in [0, 0.1) is 5.82 Å². The number of ether oxygens (including phenoxy) is 2. The van der Waals surface area contributed by atoms with E-state index in [0.717, 1.165) is 5.56 Å². The largest absolute Gasteiger partial charge is 0.453 e. The van der Waals surface area contributed by atoms with Crippen molar-refractivity contribution in [3.8, 4) is 11.5 Å². The lowest BCUT2D eigenvalue weighted by Crippen LogP contribution is -2.11. The van der Waals surface area contributed by atoms with Gasteiger partial charge in [0, 0.05) is 0 Å². The van der Waals surface area contributed by atoms with Crippen LogP contribution in [-0.2, 0) is 5.41 Å². The third kappa shape index (κ3) is 1.43. The molecule has 1 aromatic carbocycles. The van der Waals surface area contributed by atoms with E-state index in [9.17, 15) is 4.39 Å². The van der Waals surface area contributed by atoms with E-state index in [1.807, 2.05) is 26.8 Å². The minimum atomic E-state index is -0.343. The van der Waals surface area contributed by atoms with Crippen LogP contribution in [0.2, 0.25) is 0 Å². The van der Waals surface area contributed by atoms with Crippen molar-refractivity contribution in [1.82, 2.24) is 0 Å². The van der Waals surface area contributed by atoms with Gasteiger partial charge in [0.2, 0.25) is 12.5 Å². The minimum absolute atomic E-state index is 0.0815. The molecule has 0 aromatic heterocycles. The fraction of sp³-hybridized carbons (Fsp3) is 0.455. The van der Waals surface area contributed by atoms with E-state index >= 15 is 0 Å². The Hall–Kier alpha value is -1.25. The first-order valence-corrected chi connectivity index (χ1v) is 4.58. The van der Waals surface area contributed by atoms with Gasteiger partial charge in [-0.3, -0.25) is 0 Å². The van der Waals surface area contributed by atoms with Crippen LogP contribution in [0.3, 0.4) is 0 Å².